The molecule has 1 aromatic rings. The quantitative estimate of drug-likeness (QED) is 0.789. The van der Waals surface area contributed by atoms with Crippen LogP contribution in [0.2, 0.25) is 0 Å². The Morgan fingerprint density at radius 1 is 1.25 bits per heavy atom. The van der Waals surface area contributed by atoms with Crippen molar-refractivity contribution in [2.24, 2.45) is 5.73 Å². The lowest BCUT2D eigenvalue weighted by atomic mass is 9.82. The van der Waals surface area contributed by atoms with Crippen LogP contribution in [0.3, 0.4) is 0 Å². The van der Waals surface area contributed by atoms with Crippen molar-refractivity contribution in [2.45, 2.75) is 44.6 Å². The summed E-state index contributed by atoms with van der Waals surface area (Å²) >= 11 is 0. The fourth-order valence-corrected chi connectivity index (χ4v) is 2.65. The van der Waals surface area contributed by atoms with E-state index >= 15 is 0 Å². The fourth-order valence-electron chi connectivity index (χ4n) is 2.65. The molecule has 5 nitrogen and oxygen atoms in total. The van der Waals surface area contributed by atoms with E-state index in [1.807, 2.05) is 0 Å². The zero-order valence-electron chi connectivity index (χ0n) is 11.6. The summed E-state index contributed by atoms with van der Waals surface area (Å²) in [6, 6.07) is 4.76. The number of nitrogens with one attached hydrogen (secondary N) is 1. The molecule has 2 rings (SSSR count). The maximum absolute atomic E-state index is 12.3. The average molecular weight is 276 g/mol. The van der Waals surface area contributed by atoms with E-state index in [9.17, 15) is 9.59 Å². The van der Waals surface area contributed by atoms with E-state index in [0.29, 0.717) is 24.1 Å². The third kappa shape index (κ3) is 2.99. The third-order valence-electron chi connectivity index (χ3n) is 3.91. The largest absolute Gasteiger partial charge is 0.478 e. The minimum absolute atomic E-state index is 0.181. The van der Waals surface area contributed by atoms with Crippen molar-refractivity contribution in [3.8, 4) is 0 Å². The van der Waals surface area contributed by atoms with Gasteiger partial charge in [-0.2, -0.15) is 0 Å². The second kappa shape index (κ2) is 5.63. The van der Waals surface area contributed by atoms with Crippen molar-refractivity contribution in [1.82, 2.24) is 0 Å². The van der Waals surface area contributed by atoms with Gasteiger partial charge in [-0.15, -0.1) is 0 Å². The van der Waals surface area contributed by atoms with Gasteiger partial charge in [-0.1, -0.05) is 19.3 Å². The molecule has 0 saturated heterocycles. The number of aromatic carboxylic acids is 1. The van der Waals surface area contributed by atoms with Gasteiger partial charge in [0.15, 0.2) is 0 Å². The number of benzene rings is 1. The van der Waals surface area contributed by atoms with Crippen LogP contribution >= 0.6 is 0 Å². The Kier molecular flexibility index (Phi) is 4.09. The Labute approximate surface area is 118 Å². The molecule has 0 atom stereocenters. The number of carboxylic acid groups (broad SMARTS) is 1. The van der Waals surface area contributed by atoms with Gasteiger partial charge in [0.2, 0.25) is 5.91 Å². The number of carboxylic acids is 1. The molecule has 0 unspecified atom stereocenters. The molecule has 1 saturated carbocycles. The predicted molar refractivity (Wildman–Crippen MR) is 76.8 cm³/mol. The first kappa shape index (κ1) is 14.5. The Morgan fingerprint density at radius 3 is 2.45 bits per heavy atom. The number of hydrogen-bond donors (Lipinski definition) is 3. The normalized spacial score (nSPS) is 17.5. The van der Waals surface area contributed by atoms with E-state index in [-0.39, 0.29) is 11.5 Å². The highest BCUT2D eigenvalue weighted by molar-refractivity contribution is 5.98. The van der Waals surface area contributed by atoms with Gasteiger partial charge in [-0.25, -0.2) is 4.79 Å². The minimum Gasteiger partial charge on any atom is -0.478 e. The number of hydrogen-bond acceptors (Lipinski definition) is 3. The molecule has 1 fully saturated rings. The van der Waals surface area contributed by atoms with E-state index in [1.165, 1.54) is 6.07 Å². The van der Waals surface area contributed by atoms with Crippen LogP contribution < -0.4 is 11.1 Å². The van der Waals surface area contributed by atoms with Gasteiger partial charge in [0, 0.05) is 5.69 Å². The molecular weight excluding hydrogens is 256 g/mol. The van der Waals surface area contributed by atoms with Crippen molar-refractivity contribution in [3.05, 3.63) is 29.3 Å². The van der Waals surface area contributed by atoms with Crippen molar-refractivity contribution < 1.29 is 14.7 Å². The number of carbonyl (C=O) groups excluding carboxylic acids is 1. The minimum atomic E-state index is -0.969. The molecule has 0 aliphatic heterocycles. The molecule has 0 aromatic heterocycles. The smallest absolute Gasteiger partial charge is 0.335 e. The standard InChI is InChI=1S/C15H20N2O3/c1-10-9-11(5-6-12(10)13(18)19)17-14(20)15(16)7-3-2-4-8-15/h5-6,9H,2-4,7-8,16H2,1H3,(H,17,20)(H,18,19). The first-order valence-corrected chi connectivity index (χ1v) is 6.87. The molecular formula is C15H20N2O3. The first-order valence-electron chi connectivity index (χ1n) is 6.87. The number of carbonyl (C=O) groups is 2. The molecule has 0 spiro atoms. The number of rotatable bonds is 3. The summed E-state index contributed by atoms with van der Waals surface area (Å²) in [4.78, 5) is 23.2. The molecule has 1 aliphatic rings. The second-order valence-corrected chi connectivity index (χ2v) is 5.51. The molecule has 1 aromatic carbocycles. The van der Waals surface area contributed by atoms with Crippen molar-refractivity contribution in [1.29, 1.82) is 0 Å². The summed E-state index contributed by atoms with van der Waals surface area (Å²) in [6.07, 6.45) is 4.47. The Bertz CT molecular complexity index is 534. The van der Waals surface area contributed by atoms with E-state index in [4.69, 9.17) is 10.8 Å². The summed E-state index contributed by atoms with van der Waals surface area (Å²) in [5.74, 6) is -1.15. The van der Waals surface area contributed by atoms with E-state index in [1.54, 1.807) is 19.1 Å². The van der Waals surface area contributed by atoms with Crippen molar-refractivity contribution in [2.75, 3.05) is 5.32 Å². The Balaban J connectivity index is 2.12. The lowest BCUT2D eigenvalue weighted by Gasteiger charge is -2.31. The van der Waals surface area contributed by atoms with Gasteiger partial charge >= 0.3 is 5.97 Å². The van der Waals surface area contributed by atoms with Crippen LogP contribution in [0.5, 0.6) is 0 Å². The Morgan fingerprint density at radius 2 is 1.90 bits per heavy atom. The number of anilines is 1. The van der Waals surface area contributed by atoms with Gasteiger partial charge in [0.1, 0.15) is 0 Å². The predicted octanol–water partition coefficient (Wildman–Crippen LogP) is 2.29. The summed E-state index contributed by atoms with van der Waals surface area (Å²) in [6.45, 7) is 1.71. The second-order valence-electron chi connectivity index (χ2n) is 5.51. The van der Waals surface area contributed by atoms with Crippen molar-refractivity contribution >= 4 is 17.6 Å². The van der Waals surface area contributed by atoms with Crippen LogP contribution in [0.15, 0.2) is 18.2 Å². The maximum atomic E-state index is 12.3. The van der Waals surface area contributed by atoms with Crippen LogP contribution in [-0.4, -0.2) is 22.5 Å². The molecule has 1 amide bonds. The highest BCUT2D eigenvalue weighted by Gasteiger charge is 2.35. The topological polar surface area (TPSA) is 92.4 Å². The molecule has 0 radical (unpaired) electrons. The van der Waals surface area contributed by atoms with E-state index in [2.05, 4.69) is 5.32 Å². The monoisotopic (exact) mass is 276 g/mol. The molecule has 20 heavy (non-hydrogen) atoms. The van der Waals surface area contributed by atoms with Gasteiger partial charge in [-0.05, 0) is 43.5 Å². The van der Waals surface area contributed by atoms with E-state index in [0.717, 1.165) is 19.3 Å². The first-order chi connectivity index (χ1) is 9.42. The van der Waals surface area contributed by atoms with Gasteiger partial charge in [-0.3, -0.25) is 4.79 Å². The SMILES string of the molecule is Cc1cc(NC(=O)C2(N)CCCCC2)ccc1C(=O)O. The molecule has 1 aliphatic carbocycles. The molecule has 0 heterocycles. The zero-order valence-corrected chi connectivity index (χ0v) is 11.6. The fraction of sp³-hybridized carbons (Fsp3) is 0.467. The maximum Gasteiger partial charge on any atom is 0.335 e. The van der Waals surface area contributed by atoms with Crippen molar-refractivity contribution in [3.63, 3.8) is 0 Å². The summed E-state index contributed by atoms with van der Waals surface area (Å²) in [7, 11) is 0. The lowest BCUT2D eigenvalue weighted by molar-refractivity contribution is -0.122. The number of aryl methyl sites for hydroxylation is 1. The Hall–Kier alpha value is -1.88. The molecule has 4 N–H and O–H groups in total. The molecule has 0 bridgehead atoms. The lowest BCUT2D eigenvalue weighted by Crippen LogP contribution is -2.52. The zero-order chi connectivity index (χ0) is 14.8. The van der Waals surface area contributed by atoms with E-state index < -0.39 is 11.5 Å². The van der Waals surface area contributed by atoms with Gasteiger partial charge in [0.05, 0.1) is 11.1 Å². The van der Waals surface area contributed by atoms with Crippen LogP contribution in [0.25, 0.3) is 0 Å². The number of amides is 1. The highest BCUT2D eigenvalue weighted by Crippen LogP contribution is 2.27. The average Bonchev–Trinajstić information content (AvgIpc) is 2.39. The summed E-state index contributed by atoms with van der Waals surface area (Å²) in [5.41, 5.74) is 6.81. The van der Waals surface area contributed by atoms with Crippen LogP contribution in [0, 0.1) is 6.92 Å². The summed E-state index contributed by atoms with van der Waals surface area (Å²) < 4.78 is 0. The molecule has 108 valence electrons. The number of nitrogens with two attached hydrogens (primary N) is 1. The summed E-state index contributed by atoms with van der Waals surface area (Å²) in [5, 5.41) is 11.8. The van der Waals surface area contributed by atoms with Gasteiger partial charge in [0.25, 0.3) is 0 Å². The van der Waals surface area contributed by atoms with Crippen LogP contribution in [-0.2, 0) is 4.79 Å². The highest BCUT2D eigenvalue weighted by atomic mass is 16.4. The molecule has 5 heteroatoms. The third-order valence-corrected chi connectivity index (χ3v) is 3.91. The van der Waals surface area contributed by atoms with Gasteiger partial charge < -0.3 is 16.2 Å². The van der Waals surface area contributed by atoms with Crippen LogP contribution in [0.4, 0.5) is 5.69 Å². The van der Waals surface area contributed by atoms with Crippen LogP contribution in [0.1, 0.15) is 48.0 Å².